The average molecular weight is 244 g/mol. The fraction of sp³-hybridized carbons (Fsp3) is 0.0714. The monoisotopic (exact) mass is 244 g/mol. The van der Waals surface area contributed by atoms with Gasteiger partial charge >= 0.3 is 0 Å². The average Bonchev–Trinajstić information content (AvgIpc) is 2.33. The second-order valence-electron chi connectivity index (χ2n) is 3.54. The second-order valence-corrected chi connectivity index (χ2v) is 3.54. The van der Waals surface area contributed by atoms with E-state index in [0.29, 0.717) is 5.57 Å². The molecule has 92 valence electrons. The predicted molar refractivity (Wildman–Crippen MR) is 66.9 cm³/mol. The fourth-order valence-corrected chi connectivity index (χ4v) is 1.35. The Labute approximate surface area is 104 Å². The number of hydrogen-bond donors (Lipinski definition) is 1. The van der Waals surface area contributed by atoms with Crippen LogP contribution in [0.4, 0.5) is 0 Å². The molecule has 1 aliphatic rings. The van der Waals surface area contributed by atoms with E-state index in [2.05, 4.69) is 0 Å². The Bertz CT molecular complexity index is 520. The van der Waals surface area contributed by atoms with Crippen molar-refractivity contribution < 1.29 is 19.5 Å². The number of hydrogen-bond acceptors (Lipinski definition) is 3. The molecule has 0 atom stereocenters. The number of benzene rings is 1. The molecule has 0 fully saturated rings. The molecule has 0 radical (unpaired) electrons. The summed E-state index contributed by atoms with van der Waals surface area (Å²) >= 11 is 0. The van der Waals surface area contributed by atoms with Crippen LogP contribution in [0.2, 0.25) is 0 Å². The molecule has 4 heteroatoms. The summed E-state index contributed by atoms with van der Waals surface area (Å²) in [6.45, 7) is 1.08. The minimum atomic E-state index is -0.833. The van der Waals surface area contributed by atoms with Crippen molar-refractivity contribution in [1.82, 2.24) is 0 Å². The van der Waals surface area contributed by atoms with Gasteiger partial charge in [0.25, 0.3) is 5.97 Å². The molecule has 1 aromatic carbocycles. The Hall–Kier alpha value is -2.49. The van der Waals surface area contributed by atoms with E-state index in [1.54, 1.807) is 0 Å². The predicted octanol–water partition coefficient (Wildman–Crippen LogP) is 1.87. The van der Waals surface area contributed by atoms with Gasteiger partial charge in [-0.3, -0.25) is 14.4 Å². The summed E-state index contributed by atoms with van der Waals surface area (Å²) in [6.07, 6.45) is 3.97. The maximum atomic E-state index is 11.4. The van der Waals surface area contributed by atoms with Gasteiger partial charge in [0.15, 0.2) is 11.6 Å². The van der Waals surface area contributed by atoms with Crippen LogP contribution in [-0.4, -0.2) is 22.6 Å². The minimum Gasteiger partial charge on any atom is -0.481 e. The molecule has 0 aliphatic heterocycles. The van der Waals surface area contributed by atoms with Gasteiger partial charge < -0.3 is 5.11 Å². The lowest BCUT2D eigenvalue weighted by molar-refractivity contribution is -0.134. The van der Waals surface area contributed by atoms with Crippen LogP contribution >= 0.6 is 0 Å². The number of carbonyl (C=O) groups excluding carboxylic acids is 2. The van der Waals surface area contributed by atoms with E-state index >= 15 is 0 Å². The van der Waals surface area contributed by atoms with Gasteiger partial charge in [-0.25, -0.2) is 0 Å². The lowest BCUT2D eigenvalue weighted by Crippen LogP contribution is -2.06. The minimum absolute atomic E-state index is 0.115. The number of carboxylic acids is 1. The molecule has 0 unspecified atom stereocenters. The fourth-order valence-electron chi connectivity index (χ4n) is 1.35. The van der Waals surface area contributed by atoms with E-state index in [-0.39, 0.29) is 11.6 Å². The SMILES string of the molecule is CC(=O)O.O=C1C=CC(=O)C(c2ccccc2)=C1. The summed E-state index contributed by atoms with van der Waals surface area (Å²) in [4.78, 5) is 31.5. The van der Waals surface area contributed by atoms with Crippen LogP contribution < -0.4 is 0 Å². The van der Waals surface area contributed by atoms with Gasteiger partial charge in [-0.1, -0.05) is 30.3 Å². The Morgan fingerprint density at radius 3 is 2.17 bits per heavy atom. The van der Waals surface area contributed by atoms with Gasteiger partial charge in [-0.05, 0) is 23.8 Å². The summed E-state index contributed by atoms with van der Waals surface area (Å²) < 4.78 is 0. The summed E-state index contributed by atoms with van der Waals surface area (Å²) in [5, 5.41) is 7.42. The number of carbonyl (C=O) groups is 3. The summed E-state index contributed by atoms with van der Waals surface area (Å²) in [5.74, 6) is -1.08. The zero-order valence-electron chi connectivity index (χ0n) is 9.79. The van der Waals surface area contributed by atoms with E-state index in [0.717, 1.165) is 12.5 Å². The van der Waals surface area contributed by atoms with Gasteiger partial charge in [-0.15, -0.1) is 0 Å². The molecular weight excluding hydrogens is 232 g/mol. The summed E-state index contributed by atoms with van der Waals surface area (Å²) in [6, 6.07) is 9.18. The lowest BCUT2D eigenvalue weighted by atomic mass is 9.97. The molecule has 0 bridgehead atoms. The van der Waals surface area contributed by atoms with Crippen molar-refractivity contribution >= 4 is 23.1 Å². The normalized spacial score (nSPS) is 13.5. The molecule has 2 rings (SSSR count). The van der Waals surface area contributed by atoms with Crippen LogP contribution in [0, 0.1) is 0 Å². The first-order valence-electron chi connectivity index (χ1n) is 5.23. The third kappa shape index (κ3) is 4.17. The molecule has 0 saturated heterocycles. The molecule has 0 aromatic heterocycles. The molecule has 0 amide bonds. The van der Waals surface area contributed by atoms with Crippen LogP contribution in [0.15, 0.2) is 48.6 Å². The molecule has 0 spiro atoms. The lowest BCUT2D eigenvalue weighted by Gasteiger charge is -2.05. The van der Waals surface area contributed by atoms with E-state index < -0.39 is 5.97 Å². The largest absolute Gasteiger partial charge is 0.481 e. The highest BCUT2D eigenvalue weighted by Gasteiger charge is 2.14. The number of aliphatic carboxylic acids is 1. The summed E-state index contributed by atoms with van der Waals surface area (Å²) in [5.41, 5.74) is 1.26. The van der Waals surface area contributed by atoms with Crippen LogP contribution in [0.5, 0.6) is 0 Å². The molecule has 0 saturated carbocycles. The van der Waals surface area contributed by atoms with E-state index in [1.807, 2.05) is 30.3 Å². The summed E-state index contributed by atoms with van der Waals surface area (Å²) in [7, 11) is 0. The Balaban J connectivity index is 0.000000357. The van der Waals surface area contributed by atoms with Crippen molar-refractivity contribution in [3.05, 3.63) is 54.1 Å². The molecule has 0 heterocycles. The van der Waals surface area contributed by atoms with Gasteiger partial charge in [-0.2, -0.15) is 0 Å². The Morgan fingerprint density at radius 2 is 1.61 bits per heavy atom. The van der Waals surface area contributed by atoms with Crippen molar-refractivity contribution in [3.8, 4) is 0 Å². The smallest absolute Gasteiger partial charge is 0.300 e. The quantitative estimate of drug-likeness (QED) is 0.765. The Kier molecular flexibility index (Phi) is 4.75. The molecule has 18 heavy (non-hydrogen) atoms. The highest BCUT2D eigenvalue weighted by Crippen LogP contribution is 2.18. The number of carboxylic acid groups (broad SMARTS) is 1. The van der Waals surface area contributed by atoms with Crippen molar-refractivity contribution in [1.29, 1.82) is 0 Å². The van der Waals surface area contributed by atoms with Crippen LogP contribution in [0.25, 0.3) is 5.57 Å². The zero-order chi connectivity index (χ0) is 13.5. The highest BCUT2D eigenvalue weighted by atomic mass is 16.4. The van der Waals surface area contributed by atoms with Crippen LogP contribution in [0.3, 0.4) is 0 Å². The van der Waals surface area contributed by atoms with Crippen molar-refractivity contribution in [2.75, 3.05) is 0 Å². The number of allylic oxidation sites excluding steroid dienone is 4. The second kappa shape index (κ2) is 6.30. The topological polar surface area (TPSA) is 71.4 Å². The first-order chi connectivity index (χ1) is 8.50. The van der Waals surface area contributed by atoms with Crippen LogP contribution in [-0.2, 0) is 14.4 Å². The maximum Gasteiger partial charge on any atom is 0.300 e. The van der Waals surface area contributed by atoms with Gasteiger partial charge in [0.1, 0.15) is 0 Å². The zero-order valence-corrected chi connectivity index (χ0v) is 9.79. The molecular formula is C14H12O4. The standard InChI is InChI=1S/C12H8O2.C2H4O2/c13-10-6-7-12(14)11(8-10)9-4-2-1-3-5-9;1-2(3)4/h1-8H;1H3,(H,3,4). The highest BCUT2D eigenvalue weighted by molar-refractivity contribution is 6.33. The van der Waals surface area contributed by atoms with Gasteiger partial charge in [0.2, 0.25) is 0 Å². The molecule has 4 nitrogen and oxygen atoms in total. The Morgan fingerprint density at radius 1 is 1.06 bits per heavy atom. The van der Waals surface area contributed by atoms with Gasteiger partial charge in [0.05, 0.1) is 0 Å². The molecule has 1 N–H and O–H groups in total. The maximum absolute atomic E-state index is 11.4. The third-order valence-corrected chi connectivity index (χ3v) is 2.04. The van der Waals surface area contributed by atoms with E-state index in [1.165, 1.54) is 18.2 Å². The van der Waals surface area contributed by atoms with Crippen LogP contribution in [0.1, 0.15) is 12.5 Å². The number of rotatable bonds is 1. The van der Waals surface area contributed by atoms with Crippen molar-refractivity contribution in [2.24, 2.45) is 0 Å². The van der Waals surface area contributed by atoms with Gasteiger partial charge in [0, 0.05) is 12.5 Å². The van der Waals surface area contributed by atoms with Crippen molar-refractivity contribution in [2.45, 2.75) is 6.92 Å². The van der Waals surface area contributed by atoms with E-state index in [4.69, 9.17) is 9.90 Å². The molecule has 1 aliphatic carbocycles. The first-order valence-corrected chi connectivity index (χ1v) is 5.23. The van der Waals surface area contributed by atoms with Crippen molar-refractivity contribution in [3.63, 3.8) is 0 Å². The third-order valence-electron chi connectivity index (χ3n) is 2.04. The van der Waals surface area contributed by atoms with E-state index in [9.17, 15) is 9.59 Å². The first kappa shape index (κ1) is 13.6. The molecule has 1 aromatic rings. The number of ketones is 2.